The van der Waals surface area contributed by atoms with Crippen LogP contribution in [0.2, 0.25) is 0 Å². The molecule has 0 saturated carbocycles. The number of sulfone groups is 1. The molecule has 1 heterocycles. The Morgan fingerprint density at radius 1 is 1.28 bits per heavy atom. The maximum absolute atomic E-state index is 11.2. The van der Waals surface area contributed by atoms with Crippen LogP contribution in [0.4, 0.5) is 5.69 Å². The number of hydrogen-bond donors (Lipinski definition) is 1. The van der Waals surface area contributed by atoms with Gasteiger partial charge in [-0.2, -0.15) is 0 Å². The van der Waals surface area contributed by atoms with Crippen molar-refractivity contribution in [1.82, 2.24) is 4.98 Å². The lowest BCUT2D eigenvalue weighted by molar-refractivity contribution is 0.598. The number of nitrogens with zero attached hydrogens (tertiary/aromatic N) is 1. The fraction of sp³-hybridized carbons (Fsp3) is 0.308. The molecule has 1 aromatic heterocycles. The van der Waals surface area contributed by atoms with Crippen molar-refractivity contribution in [1.29, 1.82) is 0 Å². The third-order valence-corrected chi connectivity index (χ3v) is 3.71. The van der Waals surface area contributed by atoms with Gasteiger partial charge in [0, 0.05) is 29.6 Å². The summed E-state index contributed by atoms with van der Waals surface area (Å²) in [5.74, 6) is 0.115. The van der Waals surface area contributed by atoms with Crippen LogP contribution in [0.15, 0.2) is 36.5 Å². The Hall–Kier alpha value is -1.62. The van der Waals surface area contributed by atoms with Crippen molar-refractivity contribution in [2.45, 2.75) is 13.0 Å². The van der Waals surface area contributed by atoms with Crippen LogP contribution >= 0.6 is 0 Å². The summed E-state index contributed by atoms with van der Waals surface area (Å²) in [5.41, 5.74) is 1.81. The first-order valence-corrected chi connectivity index (χ1v) is 7.80. The molecule has 1 aromatic carbocycles. The highest BCUT2D eigenvalue weighted by atomic mass is 32.2. The van der Waals surface area contributed by atoms with E-state index in [4.69, 9.17) is 0 Å². The lowest BCUT2D eigenvalue weighted by Crippen LogP contribution is -2.25. The van der Waals surface area contributed by atoms with Gasteiger partial charge >= 0.3 is 0 Å². The minimum Gasteiger partial charge on any atom is -0.381 e. The summed E-state index contributed by atoms with van der Waals surface area (Å²) in [6.45, 7) is 1.86. The average Bonchev–Trinajstić information content (AvgIpc) is 2.27. The molecule has 0 saturated heterocycles. The highest BCUT2D eigenvalue weighted by Crippen LogP contribution is 2.22. The minimum absolute atomic E-state index is 0.115. The summed E-state index contributed by atoms with van der Waals surface area (Å²) < 4.78 is 22.5. The Kier molecular flexibility index (Phi) is 3.52. The maximum atomic E-state index is 11.2. The summed E-state index contributed by atoms with van der Waals surface area (Å²) in [6.07, 6.45) is 2.99. The van der Waals surface area contributed by atoms with Crippen molar-refractivity contribution < 1.29 is 8.42 Å². The van der Waals surface area contributed by atoms with Crippen LogP contribution in [0, 0.1) is 0 Å². The van der Waals surface area contributed by atoms with Gasteiger partial charge in [-0.15, -0.1) is 0 Å². The predicted octanol–water partition coefficient (Wildman–Crippen LogP) is 2.08. The number of nitrogens with one attached hydrogen (secondary N) is 1. The van der Waals surface area contributed by atoms with Crippen molar-refractivity contribution in [3.8, 4) is 0 Å². The van der Waals surface area contributed by atoms with E-state index in [-0.39, 0.29) is 11.8 Å². The Bertz CT molecular complexity index is 648. The number of pyridine rings is 1. The molecule has 1 unspecified atom stereocenters. The van der Waals surface area contributed by atoms with Gasteiger partial charge in [0.05, 0.1) is 11.3 Å². The SMILES string of the molecule is CC(CS(C)(=O)=O)Nc1cccc2ncccc12. The van der Waals surface area contributed by atoms with Gasteiger partial charge in [0.1, 0.15) is 9.84 Å². The molecule has 5 heteroatoms. The zero-order valence-corrected chi connectivity index (χ0v) is 11.2. The van der Waals surface area contributed by atoms with E-state index in [2.05, 4.69) is 10.3 Å². The molecule has 0 aliphatic rings. The fourth-order valence-electron chi connectivity index (χ4n) is 1.99. The first kappa shape index (κ1) is 12.8. The quantitative estimate of drug-likeness (QED) is 0.918. The molecule has 0 aliphatic carbocycles. The van der Waals surface area contributed by atoms with Crippen LogP contribution < -0.4 is 5.32 Å². The molecule has 2 rings (SSSR count). The molecule has 2 aromatic rings. The van der Waals surface area contributed by atoms with Crippen LogP contribution in [0.3, 0.4) is 0 Å². The van der Waals surface area contributed by atoms with Crippen molar-refractivity contribution in [2.75, 3.05) is 17.3 Å². The van der Waals surface area contributed by atoms with Gasteiger partial charge in [-0.25, -0.2) is 8.42 Å². The molecule has 0 amide bonds. The van der Waals surface area contributed by atoms with Crippen molar-refractivity contribution in [3.63, 3.8) is 0 Å². The number of rotatable bonds is 4. The van der Waals surface area contributed by atoms with Gasteiger partial charge in [-0.3, -0.25) is 4.98 Å². The van der Waals surface area contributed by atoms with E-state index in [9.17, 15) is 8.42 Å². The first-order valence-electron chi connectivity index (χ1n) is 5.74. The summed E-state index contributed by atoms with van der Waals surface area (Å²) in [5, 5.41) is 4.22. The maximum Gasteiger partial charge on any atom is 0.149 e. The second-order valence-corrected chi connectivity index (χ2v) is 6.70. The van der Waals surface area contributed by atoms with E-state index in [1.54, 1.807) is 6.20 Å². The summed E-state index contributed by atoms with van der Waals surface area (Å²) >= 11 is 0. The van der Waals surface area contributed by atoms with Crippen molar-refractivity contribution >= 4 is 26.4 Å². The molecule has 0 aliphatic heterocycles. The minimum atomic E-state index is -2.97. The third-order valence-electron chi connectivity index (χ3n) is 2.60. The normalized spacial score (nSPS) is 13.4. The monoisotopic (exact) mass is 264 g/mol. The summed E-state index contributed by atoms with van der Waals surface area (Å²) in [7, 11) is -2.97. The molecule has 1 atom stereocenters. The van der Waals surface area contributed by atoms with Crippen molar-refractivity contribution in [3.05, 3.63) is 36.5 Å². The molecule has 0 fully saturated rings. The van der Waals surface area contributed by atoms with Gasteiger partial charge in [0.25, 0.3) is 0 Å². The van der Waals surface area contributed by atoms with Gasteiger partial charge in [-0.05, 0) is 31.2 Å². The van der Waals surface area contributed by atoms with E-state index < -0.39 is 9.84 Å². The molecule has 0 bridgehead atoms. The number of fused-ring (bicyclic) bond motifs is 1. The molecule has 96 valence electrons. The molecule has 1 N–H and O–H groups in total. The predicted molar refractivity (Wildman–Crippen MR) is 74.5 cm³/mol. The van der Waals surface area contributed by atoms with Crippen LogP contribution in [0.5, 0.6) is 0 Å². The van der Waals surface area contributed by atoms with Crippen LogP contribution in [-0.4, -0.2) is 31.5 Å². The summed E-state index contributed by atoms with van der Waals surface area (Å²) in [4.78, 5) is 4.27. The highest BCUT2D eigenvalue weighted by molar-refractivity contribution is 7.90. The Balaban J connectivity index is 2.27. The number of benzene rings is 1. The zero-order valence-electron chi connectivity index (χ0n) is 10.4. The van der Waals surface area contributed by atoms with E-state index in [1.165, 1.54) is 6.26 Å². The fourth-order valence-corrected chi connectivity index (χ4v) is 2.98. The van der Waals surface area contributed by atoms with E-state index in [1.807, 2.05) is 37.3 Å². The topological polar surface area (TPSA) is 59.1 Å². The molecular formula is C13H16N2O2S. The Morgan fingerprint density at radius 3 is 2.78 bits per heavy atom. The molecule has 18 heavy (non-hydrogen) atoms. The van der Waals surface area contributed by atoms with Gasteiger partial charge in [0.2, 0.25) is 0 Å². The lowest BCUT2D eigenvalue weighted by atomic mass is 10.1. The van der Waals surface area contributed by atoms with Crippen LogP contribution in [0.25, 0.3) is 10.9 Å². The zero-order chi connectivity index (χ0) is 13.2. The summed E-state index contributed by atoms with van der Waals surface area (Å²) in [6, 6.07) is 9.48. The average molecular weight is 264 g/mol. The van der Waals surface area contributed by atoms with Gasteiger partial charge < -0.3 is 5.32 Å². The molecule has 0 radical (unpaired) electrons. The van der Waals surface area contributed by atoms with E-state index in [0.717, 1.165) is 16.6 Å². The Morgan fingerprint density at radius 2 is 2.06 bits per heavy atom. The van der Waals surface area contributed by atoms with Gasteiger partial charge in [-0.1, -0.05) is 6.07 Å². The number of hydrogen-bond acceptors (Lipinski definition) is 4. The van der Waals surface area contributed by atoms with Crippen molar-refractivity contribution in [2.24, 2.45) is 0 Å². The molecular weight excluding hydrogens is 248 g/mol. The van der Waals surface area contributed by atoms with Crippen LogP contribution in [0.1, 0.15) is 6.92 Å². The standard InChI is InChI=1S/C13H16N2O2S/c1-10(9-18(2,16)17)15-13-7-3-6-12-11(13)5-4-8-14-12/h3-8,10,15H,9H2,1-2H3. The molecule has 4 nitrogen and oxygen atoms in total. The first-order chi connectivity index (χ1) is 8.46. The second kappa shape index (κ2) is 4.94. The van der Waals surface area contributed by atoms with Crippen LogP contribution in [-0.2, 0) is 9.84 Å². The van der Waals surface area contributed by atoms with Gasteiger partial charge in [0.15, 0.2) is 0 Å². The highest BCUT2D eigenvalue weighted by Gasteiger charge is 2.11. The largest absolute Gasteiger partial charge is 0.381 e. The van der Waals surface area contributed by atoms with E-state index in [0.29, 0.717) is 0 Å². The smallest absolute Gasteiger partial charge is 0.149 e. The lowest BCUT2D eigenvalue weighted by Gasteiger charge is -2.15. The Labute approximate surface area is 107 Å². The second-order valence-electron chi connectivity index (χ2n) is 4.51. The number of anilines is 1. The number of aromatic nitrogens is 1. The molecule has 0 spiro atoms. The van der Waals surface area contributed by atoms with E-state index >= 15 is 0 Å². The third kappa shape index (κ3) is 3.20.